The van der Waals surface area contributed by atoms with Gasteiger partial charge in [0, 0.05) is 31.9 Å². The van der Waals surface area contributed by atoms with Crippen molar-refractivity contribution >= 4 is 16.5 Å². The van der Waals surface area contributed by atoms with Crippen LogP contribution in [0.1, 0.15) is 11.1 Å². The van der Waals surface area contributed by atoms with Crippen LogP contribution in [0.4, 0.5) is 5.69 Å². The summed E-state index contributed by atoms with van der Waals surface area (Å²) in [6.45, 7) is 4.37. The Hall–Kier alpha value is -4.68. The highest BCUT2D eigenvalue weighted by Crippen LogP contribution is 2.34. The maximum absolute atomic E-state index is 10.0. The first kappa shape index (κ1) is 26.5. The Morgan fingerprint density at radius 3 is 2.07 bits per heavy atom. The second-order valence-electron chi connectivity index (χ2n) is 10.4. The molecule has 6 rings (SSSR count). The molecule has 0 aliphatic carbocycles. The fraction of sp³-hybridized carbons (Fsp3) is 0.200. The van der Waals surface area contributed by atoms with Gasteiger partial charge in [-0.1, -0.05) is 42.5 Å². The summed E-state index contributed by atoms with van der Waals surface area (Å²) in [6, 6.07) is 33.5. The van der Waals surface area contributed by atoms with Crippen LogP contribution in [0.25, 0.3) is 21.9 Å². The van der Waals surface area contributed by atoms with Crippen LogP contribution in [0.5, 0.6) is 23.0 Å². The maximum Gasteiger partial charge on any atom is 0.142 e. The maximum atomic E-state index is 10.0. The standard InChI is InChI=1S/C35H34N2O4/c1-40-31-14-7-28(8-15-31)37-20-18-36(19-21-37)24-41-32-12-2-25(3-13-32)22-35-33(26-4-9-29(38)10-5-26)16-6-27-23-30(39)11-17-34(27)35/h2-17,23,38-39H,18-22,24H2,1H3. The summed E-state index contributed by atoms with van der Waals surface area (Å²) in [7, 11) is 1.69. The number of hydrogen-bond donors (Lipinski definition) is 2. The van der Waals surface area contributed by atoms with E-state index < -0.39 is 0 Å². The minimum atomic E-state index is 0.246. The predicted octanol–water partition coefficient (Wildman–Crippen LogP) is 6.68. The number of ether oxygens (including phenoxy) is 2. The van der Waals surface area contributed by atoms with E-state index >= 15 is 0 Å². The first-order valence-electron chi connectivity index (χ1n) is 13.9. The van der Waals surface area contributed by atoms with Crippen LogP contribution in [0, 0.1) is 0 Å². The lowest BCUT2D eigenvalue weighted by molar-refractivity contribution is 0.120. The molecule has 6 heteroatoms. The van der Waals surface area contributed by atoms with Crippen LogP contribution >= 0.6 is 0 Å². The first-order chi connectivity index (χ1) is 20.1. The van der Waals surface area contributed by atoms with Gasteiger partial charge in [-0.3, -0.25) is 4.90 Å². The minimum Gasteiger partial charge on any atom is -0.508 e. The summed E-state index contributed by atoms with van der Waals surface area (Å²) in [5, 5.41) is 21.9. The molecule has 0 saturated carbocycles. The van der Waals surface area contributed by atoms with Gasteiger partial charge in [0.1, 0.15) is 29.7 Å². The number of methoxy groups -OCH3 is 1. The largest absolute Gasteiger partial charge is 0.508 e. The topological polar surface area (TPSA) is 65.4 Å². The number of phenols is 2. The molecule has 0 aromatic heterocycles. The van der Waals surface area contributed by atoms with E-state index in [-0.39, 0.29) is 11.5 Å². The van der Waals surface area contributed by atoms with Crippen molar-refractivity contribution in [2.24, 2.45) is 0 Å². The Morgan fingerprint density at radius 1 is 0.683 bits per heavy atom. The van der Waals surface area contributed by atoms with E-state index in [0.717, 1.165) is 66.0 Å². The third kappa shape index (κ3) is 6.08. The van der Waals surface area contributed by atoms with E-state index in [1.165, 1.54) is 16.8 Å². The highest BCUT2D eigenvalue weighted by atomic mass is 16.5. The molecule has 5 aromatic rings. The lowest BCUT2D eigenvalue weighted by Crippen LogP contribution is -2.47. The fourth-order valence-electron chi connectivity index (χ4n) is 5.49. The fourth-order valence-corrected chi connectivity index (χ4v) is 5.49. The number of hydrogen-bond acceptors (Lipinski definition) is 6. The van der Waals surface area contributed by atoms with Crippen molar-refractivity contribution in [1.29, 1.82) is 0 Å². The molecule has 0 amide bonds. The summed E-state index contributed by atoms with van der Waals surface area (Å²) in [6.07, 6.45) is 0.728. The van der Waals surface area contributed by atoms with Gasteiger partial charge in [-0.05, 0) is 100 Å². The van der Waals surface area contributed by atoms with Gasteiger partial charge >= 0.3 is 0 Å². The number of piperazine rings is 1. The highest BCUT2D eigenvalue weighted by Gasteiger charge is 2.18. The Bertz CT molecular complexity index is 1610. The van der Waals surface area contributed by atoms with Gasteiger partial charge in [0.15, 0.2) is 0 Å². The average molecular weight is 547 g/mol. The van der Waals surface area contributed by atoms with Gasteiger partial charge in [0.25, 0.3) is 0 Å². The lowest BCUT2D eigenvalue weighted by atomic mass is 9.90. The predicted molar refractivity (Wildman–Crippen MR) is 164 cm³/mol. The summed E-state index contributed by atoms with van der Waals surface area (Å²) in [5.74, 6) is 2.23. The van der Waals surface area contributed by atoms with Crippen molar-refractivity contribution in [2.45, 2.75) is 6.42 Å². The zero-order valence-corrected chi connectivity index (χ0v) is 23.2. The second-order valence-corrected chi connectivity index (χ2v) is 10.4. The van der Waals surface area contributed by atoms with Crippen LogP contribution in [0.15, 0.2) is 103 Å². The monoisotopic (exact) mass is 546 g/mol. The van der Waals surface area contributed by atoms with Crippen molar-refractivity contribution in [2.75, 3.05) is 44.9 Å². The SMILES string of the molecule is COc1ccc(N2CCN(COc3ccc(Cc4c(-c5ccc(O)cc5)ccc5cc(O)ccc45)cc3)CC2)cc1. The second kappa shape index (κ2) is 11.8. The number of fused-ring (bicyclic) bond motifs is 1. The molecule has 1 fully saturated rings. The molecule has 1 saturated heterocycles. The van der Waals surface area contributed by atoms with E-state index in [1.54, 1.807) is 31.4 Å². The smallest absolute Gasteiger partial charge is 0.142 e. The highest BCUT2D eigenvalue weighted by molar-refractivity contribution is 5.93. The molecule has 0 bridgehead atoms. The van der Waals surface area contributed by atoms with E-state index in [2.05, 4.69) is 40.1 Å². The summed E-state index contributed by atoms with van der Waals surface area (Å²) >= 11 is 0. The van der Waals surface area contributed by atoms with E-state index in [1.807, 2.05) is 48.5 Å². The van der Waals surface area contributed by atoms with E-state index in [9.17, 15) is 10.2 Å². The molecule has 0 spiro atoms. The number of benzene rings is 5. The number of aromatic hydroxyl groups is 2. The van der Waals surface area contributed by atoms with E-state index in [4.69, 9.17) is 9.47 Å². The molecule has 1 aliphatic rings. The van der Waals surface area contributed by atoms with Crippen molar-refractivity contribution < 1.29 is 19.7 Å². The molecule has 0 unspecified atom stereocenters. The number of anilines is 1. The first-order valence-corrected chi connectivity index (χ1v) is 13.9. The van der Waals surface area contributed by atoms with Gasteiger partial charge < -0.3 is 24.6 Å². The molecule has 2 N–H and O–H groups in total. The van der Waals surface area contributed by atoms with Crippen molar-refractivity contribution in [1.82, 2.24) is 4.90 Å². The van der Waals surface area contributed by atoms with Crippen molar-refractivity contribution in [3.63, 3.8) is 0 Å². The Morgan fingerprint density at radius 2 is 1.37 bits per heavy atom. The average Bonchev–Trinajstić information content (AvgIpc) is 3.01. The zero-order valence-electron chi connectivity index (χ0n) is 23.2. The minimum absolute atomic E-state index is 0.246. The number of nitrogens with zero attached hydrogens (tertiary/aromatic N) is 2. The third-order valence-corrected chi connectivity index (χ3v) is 7.82. The van der Waals surface area contributed by atoms with Gasteiger partial charge in [-0.2, -0.15) is 0 Å². The van der Waals surface area contributed by atoms with Crippen molar-refractivity contribution in [3.8, 4) is 34.1 Å². The molecule has 1 heterocycles. The summed E-state index contributed by atoms with van der Waals surface area (Å²) < 4.78 is 11.4. The van der Waals surface area contributed by atoms with Crippen LogP contribution < -0.4 is 14.4 Å². The van der Waals surface area contributed by atoms with Gasteiger partial charge in [0.2, 0.25) is 0 Å². The molecule has 0 radical (unpaired) electrons. The molecule has 208 valence electrons. The number of rotatable bonds is 8. The Balaban J connectivity index is 1.11. The zero-order chi connectivity index (χ0) is 28.2. The van der Waals surface area contributed by atoms with Gasteiger partial charge in [-0.25, -0.2) is 0 Å². The molecule has 1 aliphatic heterocycles. The summed E-state index contributed by atoms with van der Waals surface area (Å²) in [5.41, 5.74) is 5.72. The van der Waals surface area contributed by atoms with Gasteiger partial charge in [0.05, 0.1) is 7.11 Å². The van der Waals surface area contributed by atoms with E-state index in [0.29, 0.717) is 6.73 Å². The lowest BCUT2D eigenvalue weighted by Gasteiger charge is -2.35. The third-order valence-electron chi connectivity index (χ3n) is 7.82. The van der Waals surface area contributed by atoms with Crippen LogP contribution in [-0.4, -0.2) is 55.1 Å². The molecule has 5 aromatic carbocycles. The number of phenolic OH excluding ortho intramolecular Hbond substituents is 2. The Kier molecular flexibility index (Phi) is 7.65. The van der Waals surface area contributed by atoms with Crippen LogP contribution in [-0.2, 0) is 6.42 Å². The molecule has 41 heavy (non-hydrogen) atoms. The van der Waals surface area contributed by atoms with Crippen LogP contribution in [0.2, 0.25) is 0 Å². The Labute approximate surface area is 240 Å². The molecular weight excluding hydrogens is 512 g/mol. The van der Waals surface area contributed by atoms with Crippen molar-refractivity contribution in [3.05, 3.63) is 114 Å². The van der Waals surface area contributed by atoms with Gasteiger partial charge in [-0.15, -0.1) is 0 Å². The molecule has 6 nitrogen and oxygen atoms in total. The quantitative estimate of drug-likeness (QED) is 0.227. The molecule has 0 atom stereocenters. The normalized spacial score (nSPS) is 13.8. The van der Waals surface area contributed by atoms with Crippen LogP contribution in [0.3, 0.4) is 0 Å². The summed E-state index contributed by atoms with van der Waals surface area (Å²) in [4.78, 5) is 4.73. The molecular formula is C35H34N2O4.